The molecule has 1 nitrogen and oxygen atoms in total. The van der Waals surface area contributed by atoms with E-state index in [4.69, 9.17) is 0 Å². The fourth-order valence-electron chi connectivity index (χ4n) is 0. The van der Waals surface area contributed by atoms with Gasteiger partial charge in [0.05, 0.1) is 8.80 Å². The molecule has 0 atom stereocenters. The highest BCUT2D eigenvalue weighted by Crippen LogP contribution is 1.73. The molecule has 0 aromatic rings. The lowest BCUT2D eigenvalue weighted by molar-refractivity contribution is 0.824. The van der Waals surface area contributed by atoms with Gasteiger partial charge in [-0.1, -0.05) is 13.1 Å². The third-order valence-corrected chi connectivity index (χ3v) is 1.22. The summed E-state index contributed by atoms with van der Waals surface area (Å²) in [5.74, 6) is 0. The van der Waals surface area contributed by atoms with Crippen LogP contribution in [-0.4, -0.2) is 14.3 Å². The zero-order chi connectivity index (χ0) is 4.28. The smallest absolute Gasteiger partial charge is 0.0685 e. The fraction of sp³-hybridized carbons (Fsp3) is 0.500. The predicted octanol–water partition coefficient (Wildman–Crippen LogP) is 0.641. The Bertz CT molecular complexity index is 34.5. The van der Waals surface area contributed by atoms with Gasteiger partial charge in [-0.25, -0.2) is 0 Å². The molecule has 0 bridgehead atoms. The van der Waals surface area contributed by atoms with Crippen LogP contribution in [0, 0.1) is 0 Å². The topological polar surface area (TPSA) is 31.5 Å². The zero-order valence-electron chi connectivity index (χ0n) is 4.28. The van der Waals surface area contributed by atoms with Crippen LogP contribution in [0.1, 0.15) is 0 Å². The van der Waals surface area contributed by atoms with Gasteiger partial charge in [-0.15, -0.1) is 12.3 Å². The van der Waals surface area contributed by atoms with Crippen LogP contribution < -0.4 is 0 Å². The first-order valence-corrected chi connectivity index (χ1v) is 4.27. The molecule has 0 aliphatic carbocycles. The monoisotopic (exact) mass is 103 g/mol. The largest absolute Gasteiger partial charge is 0.412 e. The van der Waals surface area contributed by atoms with Crippen molar-refractivity contribution in [3.05, 3.63) is 12.3 Å². The van der Waals surface area contributed by atoms with Gasteiger partial charge in [0.15, 0.2) is 0 Å². The second kappa shape index (κ2) is 4.92. The van der Waals surface area contributed by atoms with Gasteiger partial charge in [0.2, 0.25) is 0 Å². The molecular weight excluding hydrogens is 92.1 g/mol. The molecule has 37 valence electrons. The van der Waals surface area contributed by atoms with Gasteiger partial charge < -0.3 is 5.48 Å². The lowest BCUT2D eigenvalue weighted by Crippen LogP contribution is -1.89. The first-order chi connectivity index (χ1) is 2.27. The van der Waals surface area contributed by atoms with Crippen LogP contribution in [0.2, 0.25) is 13.1 Å². The minimum Gasteiger partial charge on any atom is -0.412 e. The lowest BCUT2D eigenvalue weighted by atomic mass is 11.3. The molecule has 2 heteroatoms. The summed E-state index contributed by atoms with van der Waals surface area (Å²) in [6, 6.07) is 0. The molecule has 0 aromatic carbocycles. The molecule has 0 unspecified atom stereocenters. The van der Waals surface area contributed by atoms with Crippen molar-refractivity contribution in [3.63, 3.8) is 0 Å². The summed E-state index contributed by atoms with van der Waals surface area (Å²) in [6.45, 7) is 8.02. The van der Waals surface area contributed by atoms with Crippen LogP contribution in [0.5, 0.6) is 0 Å². The van der Waals surface area contributed by atoms with E-state index in [2.05, 4.69) is 19.7 Å². The molecule has 0 heterocycles. The summed E-state index contributed by atoms with van der Waals surface area (Å²) in [4.78, 5) is 0. The molecule has 0 aliphatic rings. The van der Waals surface area contributed by atoms with E-state index < -0.39 is 0 Å². The van der Waals surface area contributed by atoms with Crippen molar-refractivity contribution >= 4 is 8.80 Å². The van der Waals surface area contributed by atoms with Gasteiger partial charge >= 0.3 is 0 Å². The summed E-state index contributed by atoms with van der Waals surface area (Å²) >= 11 is 0. The maximum atomic E-state index is 3.61. The fourth-order valence-corrected chi connectivity index (χ4v) is 0. The lowest BCUT2D eigenvalue weighted by Gasteiger charge is -1.80. The molecular formula is C4H11OSi. The van der Waals surface area contributed by atoms with Crippen molar-refractivity contribution in [3.8, 4) is 0 Å². The van der Waals surface area contributed by atoms with E-state index in [0.717, 1.165) is 0 Å². The SMILES string of the molecule is C=C[Si](C)C.O. The molecule has 0 fully saturated rings. The average Bonchev–Trinajstić information content (AvgIpc) is 1.38. The summed E-state index contributed by atoms with van der Waals surface area (Å²) in [5, 5.41) is 0. The average molecular weight is 103 g/mol. The van der Waals surface area contributed by atoms with Crippen molar-refractivity contribution < 1.29 is 5.48 Å². The highest BCUT2D eigenvalue weighted by atomic mass is 28.3. The molecule has 0 saturated carbocycles. The van der Waals surface area contributed by atoms with Crippen LogP contribution in [-0.2, 0) is 0 Å². The van der Waals surface area contributed by atoms with Gasteiger partial charge in [0.25, 0.3) is 0 Å². The summed E-state index contributed by atoms with van der Waals surface area (Å²) in [7, 11) is -0.110. The number of rotatable bonds is 1. The highest BCUT2D eigenvalue weighted by Gasteiger charge is 1.78. The first-order valence-electron chi connectivity index (χ1n) is 1.70. The van der Waals surface area contributed by atoms with E-state index in [1.54, 1.807) is 0 Å². The van der Waals surface area contributed by atoms with E-state index in [1.807, 2.05) is 5.70 Å². The second-order valence-corrected chi connectivity index (χ2v) is 3.84. The van der Waals surface area contributed by atoms with Crippen molar-refractivity contribution in [2.45, 2.75) is 13.1 Å². The van der Waals surface area contributed by atoms with Crippen molar-refractivity contribution in [2.24, 2.45) is 0 Å². The molecule has 0 amide bonds. The van der Waals surface area contributed by atoms with E-state index in [-0.39, 0.29) is 14.3 Å². The van der Waals surface area contributed by atoms with E-state index >= 15 is 0 Å². The molecule has 0 spiro atoms. The number of hydrogen-bond donors (Lipinski definition) is 0. The van der Waals surface area contributed by atoms with Crippen molar-refractivity contribution in [1.29, 1.82) is 0 Å². The van der Waals surface area contributed by atoms with Crippen molar-refractivity contribution in [2.75, 3.05) is 0 Å². The molecule has 0 rings (SSSR count). The minimum absolute atomic E-state index is 0. The maximum Gasteiger partial charge on any atom is 0.0685 e. The van der Waals surface area contributed by atoms with E-state index in [1.165, 1.54) is 0 Å². The van der Waals surface area contributed by atoms with Gasteiger partial charge in [-0.3, -0.25) is 0 Å². The predicted molar refractivity (Wildman–Crippen MR) is 31.3 cm³/mol. The maximum absolute atomic E-state index is 3.61. The Morgan fingerprint density at radius 1 is 1.50 bits per heavy atom. The van der Waals surface area contributed by atoms with Crippen LogP contribution in [0.3, 0.4) is 0 Å². The molecule has 0 aliphatic heterocycles. The Hall–Kier alpha value is -0.0831. The van der Waals surface area contributed by atoms with E-state index in [0.29, 0.717) is 0 Å². The van der Waals surface area contributed by atoms with Crippen molar-refractivity contribution in [1.82, 2.24) is 0 Å². The Labute approximate surface area is 40.6 Å². The van der Waals surface area contributed by atoms with E-state index in [9.17, 15) is 0 Å². The third-order valence-electron chi connectivity index (χ3n) is 0.408. The van der Waals surface area contributed by atoms with Crippen LogP contribution in [0.15, 0.2) is 12.3 Å². The minimum atomic E-state index is -0.110. The Balaban J connectivity index is 0. The Kier molecular flexibility index (Phi) is 7.64. The molecule has 0 saturated heterocycles. The molecule has 2 N–H and O–H groups in total. The summed E-state index contributed by atoms with van der Waals surface area (Å²) < 4.78 is 0. The molecule has 1 radical (unpaired) electrons. The van der Waals surface area contributed by atoms with Gasteiger partial charge in [-0.2, -0.15) is 0 Å². The van der Waals surface area contributed by atoms with Crippen LogP contribution in [0.25, 0.3) is 0 Å². The molecule has 6 heavy (non-hydrogen) atoms. The first kappa shape index (κ1) is 9.32. The molecule has 0 aromatic heterocycles. The van der Waals surface area contributed by atoms with Crippen LogP contribution in [0.4, 0.5) is 0 Å². The summed E-state index contributed by atoms with van der Waals surface area (Å²) in [5.41, 5.74) is 2.02. The Morgan fingerprint density at radius 2 is 1.67 bits per heavy atom. The summed E-state index contributed by atoms with van der Waals surface area (Å²) in [6.07, 6.45) is 0. The standard InChI is InChI=1S/C4H9Si.H2O/c1-4-5(2)3;/h4H,1H2,2-3H3;1H2. The van der Waals surface area contributed by atoms with Crippen LogP contribution >= 0.6 is 0 Å². The third kappa shape index (κ3) is 9.07. The Morgan fingerprint density at radius 3 is 1.67 bits per heavy atom. The number of hydrogen-bond acceptors (Lipinski definition) is 0. The van der Waals surface area contributed by atoms with Gasteiger partial charge in [0.1, 0.15) is 0 Å². The zero-order valence-corrected chi connectivity index (χ0v) is 5.28. The second-order valence-electron chi connectivity index (χ2n) is 1.28. The van der Waals surface area contributed by atoms with Gasteiger partial charge in [0, 0.05) is 0 Å². The normalized spacial score (nSPS) is 7.17. The van der Waals surface area contributed by atoms with Gasteiger partial charge in [-0.05, 0) is 0 Å². The quantitative estimate of drug-likeness (QED) is 0.436. The highest BCUT2D eigenvalue weighted by molar-refractivity contribution is 6.61.